The lowest BCUT2D eigenvalue weighted by Gasteiger charge is -2.14. The molecule has 0 aliphatic rings. The Hall–Kier alpha value is -3.16. The van der Waals surface area contributed by atoms with E-state index in [1.54, 1.807) is 42.6 Å². The van der Waals surface area contributed by atoms with Crippen LogP contribution in [0.15, 0.2) is 59.7 Å². The van der Waals surface area contributed by atoms with E-state index in [4.69, 9.17) is 0 Å². The van der Waals surface area contributed by atoms with Crippen molar-refractivity contribution in [2.24, 2.45) is 0 Å². The molecule has 0 N–H and O–H groups in total. The normalized spacial score (nSPS) is 12.1. The van der Waals surface area contributed by atoms with Crippen LogP contribution in [0.25, 0.3) is 27.6 Å². The van der Waals surface area contributed by atoms with Crippen LogP contribution < -0.4 is 5.56 Å². The molecule has 5 nitrogen and oxygen atoms in total. The summed E-state index contributed by atoms with van der Waals surface area (Å²) < 4.78 is 41.0. The van der Waals surface area contributed by atoms with Crippen LogP contribution in [0.2, 0.25) is 0 Å². The second-order valence-electron chi connectivity index (χ2n) is 5.53. The summed E-state index contributed by atoms with van der Waals surface area (Å²) in [6.45, 7) is -1.35. The number of benzene rings is 1. The van der Waals surface area contributed by atoms with E-state index in [0.717, 1.165) is 4.57 Å². The van der Waals surface area contributed by atoms with Crippen molar-refractivity contribution in [3.05, 3.63) is 65.2 Å². The molecule has 0 atom stereocenters. The van der Waals surface area contributed by atoms with E-state index in [1.165, 1.54) is 16.9 Å². The lowest BCUT2D eigenvalue weighted by Crippen LogP contribution is -2.28. The summed E-state index contributed by atoms with van der Waals surface area (Å²) in [6.07, 6.45) is -1.64. The third-order valence-corrected chi connectivity index (χ3v) is 3.90. The number of pyridine rings is 2. The molecule has 25 heavy (non-hydrogen) atoms. The Morgan fingerprint density at radius 1 is 1.00 bits per heavy atom. The van der Waals surface area contributed by atoms with Crippen LogP contribution in [-0.4, -0.2) is 25.5 Å². The molecule has 3 aromatic heterocycles. The Balaban J connectivity index is 2.12. The van der Waals surface area contributed by atoms with Gasteiger partial charge in [0.05, 0.1) is 22.6 Å². The van der Waals surface area contributed by atoms with Gasteiger partial charge in [0.2, 0.25) is 0 Å². The number of aromatic nitrogens is 4. The van der Waals surface area contributed by atoms with Gasteiger partial charge in [-0.15, -0.1) is 0 Å². The fourth-order valence-corrected chi connectivity index (χ4v) is 2.92. The van der Waals surface area contributed by atoms with Gasteiger partial charge >= 0.3 is 6.18 Å². The zero-order chi connectivity index (χ0) is 17.6. The Kier molecular flexibility index (Phi) is 3.34. The summed E-state index contributed by atoms with van der Waals surface area (Å²) in [7, 11) is 0. The number of alkyl halides is 3. The molecule has 0 saturated heterocycles. The van der Waals surface area contributed by atoms with E-state index in [2.05, 4.69) is 10.1 Å². The molecule has 0 bridgehead atoms. The van der Waals surface area contributed by atoms with Gasteiger partial charge in [-0.1, -0.05) is 24.3 Å². The first-order valence-electron chi connectivity index (χ1n) is 7.43. The van der Waals surface area contributed by atoms with E-state index in [-0.39, 0.29) is 10.9 Å². The molecule has 1 aromatic carbocycles. The summed E-state index contributed by atoms with van der Waals surface area (Å²) in [5, 5.41) is 4.80. The van der Waals surface area contributed by atoms with Gasteiger partial charge in [0.15, 0.2) is 5.82 Å². The lowest BCUT2D eigenvalue weighted by atomic mass is 10.1. The van der Waals surface area contributed by atoms with Gasteiger partial charge in [-0.2, -0.15) is 18.3 Å². The van der Waals surface area contributed by atoms with Crippen LogP contribution in [0.5, 0.6) is 0 Å². The van der Waals surface area contributed by atoms with Gasteiger partial charge in [0.1, 0.15) is 6.54 Å². The van der Waals surface area contributed by atoms with Crippen LogP contribution in [-0.2, 0) is 6.54 Å². The molecule has 3 heterocycles. The standard InChI is InChI=1S/C17H11F3N4O/c18-17(19,20)10-23-13-6-2-1-5-11(13)15-12(16(23)25)9-22-24(15)14-7-3-4-8-21-14/h1-9H,10H2. The maximum Gasteiger partial charge on any atom is 0.406 e. The van der Waals surface area contributed by atoms with E-state index in [0.29, 0.717) is 16.7 Å². The molecule has 0 fully saturated rings. The number of fused-ring (bicyclic) bond motifs is 3. The van der Waals surface area contributed by atoms with Crippen molar-refractivity contribution in [2.75, 3.05) is 0 Å². The first-order valence-corrected chi connectivity index (χ1v) is 7.43. The molecular weight excluding hydrogens is 333 g/mol. The highest BCUT2D eigenvalue weighted by Gasteiger charge is 2.30. The second kappa shape index (κ2) is 5.44. The summed E-state index contributed by atoms with van der Waals surface area (Å²) >= 11 is 0. The zero-order valence-electron chi connectivity index (χ0n) is 12.7. The highest BCUT2D eigenvalue weighted by atomic mass is 19.4. The molecule has 0 amide bonds. The van der Waals surface area contributed by atoms with Crippen molar-refractivity contribution in [1.82, 2.24) is 19.3 Å². The second-order valence-corrected chi connectivity index (χ2v) is 5.53. The van der Waals surface area contributed by atoms with Crippen LogP contribution in [0.4, 0.5) is 13.2 Å². The smallest absolute Gasteiger partial charge is 0.298 e. The summed E-state index contributed by atoms with van der Waals surface area (Å²) in [5.74, 6) is 0.482. The van der Waals surface area contributed by atoms with Crippen LogP contribution >= 0.6 is 0 Å². The van der Waals surface area contributed by atoms with Crippen molar-refractivity contribution >= 4 is 21.8 Å². The van der Waals surface area contributed by atoms with Crippen molar-refractivity contribution < 1.29 is 13.2 Å². The fraction of sp³-hybridized carbons (Fsp3) is 0.118. The van der Waals surface area contributed by atoms with Crippen LogP contribution in [0, 0.1) is 0 Å². The molecule has 0 aliphatic heterocycles. The summed E-state index contributed by atoms with van der Waals surface area (Å²) in [5.41, 5.74) is -0.0825. The number of halogens is 3. The Bertz CT molecular complexity index is 1130. The molecular formula is C17H11F3N4O. The summed E-state index contributed by atoms with van der Waals surface area (Å²) in [6, 6.07) is 11.7. The number of hydrogen-bond donors (Lipinski definition) is 0. The average molecular weight is 344 g/mol. The van der Waals surface area contributed by atoms with E-state index < -0.39 is 18.3 Å². The maximum atomic E-state index is 12.9. The highest BCUT2D eigenvalue weighted by Crippen LogP contribution is 2.26. The van der Waals surface area contributed by atoms with Crippen LogP contribution in [0.3, 0.4) is 0 Å². The molecule has 4 aromatic rings. The SMILES string of the molecule is O=c1c2cnn(-c3ccccn3)c2c2ccccc2n1CC(F)(F)F. The number of hydrogen-bond acceptors (Lipinski definition) is 3. The number of para-hydroxylation sites is 1. The van der Waals surface area contributed by atoms with Gasteiger partial charge in [0, 0.05) is 11.6 Å². The minimum atomic E-state index is -4.50. The Morgan fingerprint density at radius 3 is 2.48 bits per heavy atom. The van der Waals surface area contributed by atoms with Gasteiger partial charge < -0.3 is 0 Å². The number of nitrogens with zero attached hydrogens (tertiary/aromatic N) is 4. The number of rotatable bonds is 2. The minimum absolute atomic E-state index is 0.119. The molecule has 0 unspecified atom stereocenters. The third-order valence-electron chi connectivity index (χ3n) is 3.90. The molecule has 126 valence electrons. The topological polar surface area (TPSA) is 52.7 Å². The molecule has 0 aliphatic carbocycles. The minimum Gasteiger partial charge on any atom is -0.298 e. The third kappa shape index (κ3) is 2.55. The maximum absolute atomic E-state index is 12.9. The monoisotopic (exact) mass is 344 g/mol. The zero-order valence-corrected chi connectivity index (χ0v) is 12.7. The lowest BCUT2D eigenvalue weighted by molar-refractivity contribution is -0.140. The van der Waals surface area contributed by atoms with E-state index >= 15 is 0 Å². The first-order chi connectivity index (χ1) is 12.0. The largest absolute Gasteiger partial charge is 0.406 e. The first kappa shape index (κ1) is 15.4. The van der Waals surface area contributed by atoms with Crippen molar-refractivity contribution in [3.63, 3.8) is 0 Å². The molecule has 8 heteroatoms. The van der Waals surface area contributed by atoms with Gasteiger partial charge in [-0.05, 0) is 18.2 Å². The predicted molar refractivity (Wildman–Crippen MR) is 86.7 cm³/mol. The molecule has 0 spiro atoms. The van der Waals surface area contributed by atoms with Crippen molar-refractivity contribution in [2.45, 2.75) is 12.7 Å². The molecule has 4 rings (SSSR count). The van der Waals surface area contributed by atoms with Crippen molar-refractivity contribution in [1.29, 1.82) is 0 Å². The van der Waals surface area contributed by atoms with Crippen molar-refractivity contribution in [3.8, 4) is 5.82 Å². The fourth-order valence-electron chi connectivity index (χ4n) is 2.92. The van der Waals surface area contributed by atoms with Gasteiger partial charge in [-0.25, -0.2) is 9.67 Å². The van der Waals surface area contributed by atoms with E-state index in [1.807, 2.05) is 0 Å². The van der Waals surface area contributed by atoms with Gasteiger partial charge in [0.25, 0.3) is 5.56 Å². The highest BCUT2D eigenvalue weighted by molar-refractivity contribution is 6.03. The Morgan fingerprint density at radius 2 is 1.76 bits per heavy atom. The summed E-state index contributed by atoms with van der Waals surface area (Å²) in [4.78, 5) is 16.9. The van der Waals surface area contributed by atoms with E-state index in [9.17, 15) is 18.0 Å². The Labute approximate surface area is 138 Å². The van der Waals surface area contributed by atoms with Gasteiger partial charge in [-0.3, -0.25) is 9.36 Å². The van der Waals surface area contributed by atoms with Crippen LogP contribution in [0.1, 0.15) is 0 Å². The quantitative estimate of drug-likeness (QED) is 0.561. The molecule has 0 radical (unpaired) electrons. The average Bonchev–Trinajstić information content (AvgIpc) is 3.04. The molecule has 0 saturated carbocycles. The predicted octanol–water partition coefficient (Wildman–Crippen LogP) is 3.30.